The lowest BCUT2D eigenvalue weighted by molar-refractivity contribution is -0.121. The van der Waals surface area contributed by atoms with Crippen LogP contribution in [-0.2, 0) is 11.2 Å². The number of benzene rings is 2. The lowest BCUT2D eigenvalue weighted by atomic mass is 9.93. The Morgan fingerprint density at radius 3 is 2.69 bits per heavy atom. The van der Waals surface area contributed by atoms with Crippen LogP contribution >= 0.6 is 11.3 Å². The third-order valence-corrected chi connectivity index (χ3v) is 6.58. The number of nitrogens with one attached hydrogen (secondary N) is 2. The Morgan fingerprint density at radius 1 is 1.03 bits per heavy atom. The van der Waals surface area contributed by atoms with E-state index in [1.807, 2.05) is 18.2 Å². The minimum absolute atomic E-state index is 0.00203. The van der Waals surface area contributed by atoms with E-state index >= 15 is 0 Å². The fourth-order valence-corrected chi connectivity index (χ4v) is 5.10. The van der Waals surface area contributed by atoms with Gasteiger partial charge in [-0.2, -0.15) is 0 Å². The molecular weight excluding hydrogens is 426 g/mol. The van der Waals surface area contributed by atoms with Crippen molar-refractivity contribution in [1.29, 1.82) is 0 Å². The van der Waals surface area contributed by atoms with Crippen molar-refractivity contribution in [3.63, 3.8) is 0 Å². The first kappa shape index (κ1) is 20.5. The van der Waals surface area contributed by atoms with Crippen molar-refractivity contribution < 1.29 is 19.1 Å². The van der Waals surface area contributed by atoms with Gasteiger partial charge >= 0.3 is 6.03 Å². The zero-order valence-electron chi connectivity index (χ0n) is 17.4. The first-order valence-electron chi connectivity index (χ1n) is 10.5. The van der Waals surface area contributed by atoms with Gasteiger partial charge in [-0.1, -0.05) is 30.3 Å². The number of urea groups is 1. The van der Waals surface area contributed by atoms with Crippen LogP contribution in [0.25, 0.3) is 0 Å². The minimum Gasteiger partial charge on any atom is -0.486 e. The highest BCUT2D eigenvalue weighted by atomic mass is 32.1. The van der Waals surface area contributed by atoms with E-state index < -0.39 is 6.03 Å². The summed E-state index contributed by atoms with van der Waals surface area (Å²) in [5.41, 5.74) is 2.91. The molecule has 0 spiro atoms. The highest BCUT2D eigenvalue weighted by molar-refractivity contribution is 7.10. The lowest BCUT2D eigenvalue weighted by Crippen LogP contribution is -2.45. The van der Waals surface area contributed by atoms with Crippen molar-refractivity contribution in [2.45, 2.75) is 12.5 Å². The average molecular weight is 450 g/mol. The number of imide groups is 1. The highest BCUT2D eigenvalue weighted by Crippen LogP contribution is 2.37. The number of rotatable bonds is 4. The van der Waals surface area contributed by atoms with E-state index in [4.69, 9.17) is 9.47 Å². The van der Waals surface area contributed by atoms with E-state index in [-0.39, 0.29) is 18.5 Å². The molecule has 2 aromatic carbocycles. The largest absolute Gasteiger partial charge is 0.486 e. The number of amides is 3. The van der Waals surface area contributed by atoms with E-state index in [1.54, 1.807) is 29.5 Å². The van der Waals surface area contributed by atoms with Crippen LogP contribution in [0, 0.1) is 0 Å². The molecule has 3 aromatic rings. The van der Waals surface area contributed by atoms with Crippen molar-refractivity contribution in [3.8, 4) is 11.5 Å². The van der Waals surface area contributed by atoms with Gasteiger partial charge in [0.15, 0.2) is 11.5 Å². The molecule has 2 aliphatic heterocycles. The zero-order chi connectivity index (χ0) is 21.9. The van der Waals surface area contributed by atoms with Crippen molar-refractivity contribution in [2.24, 2.45) is 0 Å². The van der Waals surface area contributed by atoms with Crippen molar-refractivity contribution in [3.05, 3.63) is 76.0 Å². The summed E-state index contributed by atoms with van der Waals surface area (Å²) < 4.78 is 11.0. The van der Waals surface area contributed by atoms with Crippen LogP contribution in [0.2, 0.25) is 0 Å². The molecule has 1 aromatic heterocycles. The van der Waals surface area contributed by atoms with Crippen molar-refractivity contribution in [2.75, 3.05) is 31.6 Å². The van der Waals surface area contributed by atoms with E-state index in [9.17, 15) is 9.59 Å². The number of ether oxygens (including phenoxy) is 2. The van der Waals surface area contributed by atoms with Crippen molar-refractivity contribution >= 4 is 29.0 Å². The molecule has 0 saturated heterocycles. The quantitative estimate of drug-likeness (QED) is 0.633. The van der Waals surface area contributed by atoms with E-state index in [1.165, 1.54) is 10.4 Å². The summed E-state index contributed by atoms with van der Waals surface area (Å²) in [6.45, 7) is 1.85. The number of hydrogen-bond acceptors (Lipinski definition) is 6. The molecule has 2 N–H and O–H groups in total. The normalized spacial score (nSPS) is 17.3. The molecule has 0 bridgehead atoms. The number of nitrogens with zero attached hydrogens (tertiary/aromatic N) is 1. The Morgan fingerprint density at radius 2 is 1.84 bits per heavy atom. The molecule has 0 saturated carbocycles. The van der Waals surface area contributed by atoms with Crippen LogP contribution in [-0.4, -0.2) is 43.1 Å². The SMILES string of the molecule is O=C(CN1CCc2sccc2[C@H]1c1ccccc1)NC(=O)Nc1ccc2c(c1)OCCO2. The molecule has 0 radical (unpaired) electrons. The van der Waals surface area contributed by atoms with Gasteiger partial charge in [0.05, 0.1) is 12.6 Å². The first-order valence-corrected chi connectivity index (χ1v) is 11.4. The summed E-state index contributed by atoms with van der Waals surface area (Å²) >= 11 is 1.76. The van der Waals surface area contributed by atoms with Gasteiger partial charge < -0.3 is 14.8 Å². The van der Waals surface area contributed by atoms with Crippen molar-refractivity contribution in [1.82, 2.24) is 10.2 Å². The maximum atomic E-state index is 12.7. The molecular formula is C24H23N3O4S. The van der Waals surface area contributed by atoms with Gasteiger partial charge in [-0.05, 0) is 41.1 Å². The first-order chi connectivity index (χ1) is 15.7. The summed E-state index contributed by atoms with van der Waals surface area (Å²) in [4.78, 5) is 28.6. The molecule has 1 atom stereocenters. The maximum Gasteiger partial charge on any atom is 0.325 e. The smallest absolute Gasteiger partial charge is 0.325 e. The van der Waals surface area contributed by atoms with Gasteiger partial charge in [0, 0.05) is 23.2 Å². The molecule has 5 rings (SSSR count). The fraction of sp³-hybridized carbons (Fsp3) is 0.250. The van der Waals surface area contributed by atoms with Gasteiger partial charge in [0.1, 0.15) is 13.2 Å². The number of anilines is 1. The predicted molar refractivity (Wildman–Crippen MR) is 122 cm³/mol. The van der Waals surface area contributed by atoms with Gasteiger partial charge in [0.2, 0.25) is 5.91 Å². The minimum atomic E-state index is -0.573. The molecule has 0 aliphatic carbocycles. The summed E-state index contributed by atoms with van der Waals surface area (Å²) in [6, 6.07) is 16.9. The van der Waals surface area contributed by atoms with Crippen LogP contribution < -0.4 is 20.1 Å². The summed E-state index contributed by atoms with van der Waals surface area (Å²) in [5, 5.41) is 7.24. The number of hydrogen-bond donors (Lipinski definition) is 2. The van der Waals surface area contributed by atoms with Crippen LogP contribution in [0.1, 0.15) is 22.0 Å². The lowest BCUT2D eigenvalue weighted by Gasteiger charge is -2.35. The summed E-state index contributed by atoms with van der Waals surface area (Å²) in [5.74, 6) is 0.869. The van der Waals surface area contributed by atoms with Gasteiger partial charge in [-0.15, -0.1) is 11.3 Å². The number of carbonyl (C=O) groups is 2. The number of fused-ring (bicyclic) bond motifs is 2. The second-order valence-corrected chi connectivity index (χ2v) is 8.69. The molecule has 3 amide bonds. The second kappa shape index (κ2) is 9.02. The Labute approximate surface area is 190 Å². The Bertz CT molecular complexity index is 1130. The van der Waals surface area contributed by atoms with E-state index in [0.717, 1.165) is 18.5 Å². The maximum absolute atomic E-state index is 12.7. The summed E-state index contributed by atoms with van der Waals surface area (Å²) in [7, 11) is 0. The van der Waals surface area contributed by atoms with Crippen LogP contribution in [0.4, 0.5) is 10.5 Å². The molecule has 0 unspecified atom stereocenters. The molecule has 3 heterocycles. The average Bonchev–Trinajstić information content (AvgIpc) is 3.28. The van der Waals surface area contributed by atoms with Crippen LogP contribution in [0.15, 0.2) is 60.0 Å². The molecule has 2 aliphatic rings. The standard InChI is InChI=1S/C24H23N3O4S/c28-22(26-24(29)25-17-6-7-19-20(14-17)31-12-11-30-19)15-27-10-8-21-18(9-13-32-21)23(27)16-4-2-1-3-5-16/h1-7,9,13-14,23H,8,10-12,15H2,(H2,25,26,28,29)/t23-/m1/s1. The Balaban J connectivity index is 1.24. The van der Waals surface area contributed by atoms with Gasteiger partial charge in [0.25, 0.3) is 0 Å². The van der Waals surface area contributed by atoms with E-state index in [0.29, 0.717) is 30.4 Å². The predicted octanol–water partition coefficient (Wildman–Crippen LogP) is 3.82. The van der Waals surface area contributed by atoms with Crippen LogP contribution in [0.3, 0.4) is 0 Å². The highest BCUT2D eigenvalue weighted by Gasteiger charge is 2.31. The molecule has 8 heteroatoms. The molecule has 7 nitrogen and oxygen atoms in total. The van der Waals surface area contributed by atoms with E-state index in [2.05, 4.69) is 39.1 Å². The third-order valence-electron chi connectivity index (χ3n) is 5.58. The molecule has 0 fully saturated rings. The zero-order valence-corrected chi connectivity index (χ0v) is 18.2. The number of thiophene rings is 1. The third kappa shape index (κ3) is 4.32. The topological polar surface area (TPSA) is 79.9 Å². The summed E-state index contributed by atoms with van der Waals surface area (Å²) in [6.07, 6.45) is 0.896. The molecule has 32 heavy (non-hydrogen) atoms. The Hall–Kier alpha value is -3.36. The Kier molecular flexibility index (Phi) is 5.79. The number of carbonyl (C=O) groups excluding carboxylic acids is 2. The van der Waals surface area contributed by atoms with Gasteiger partial charge in [-0.25, -0.2) is 4.79 Å². The second-order valence-electron chi connectivity index (χ2n) is 7.69. The monoisotopic (exact) mass is 449 g/mol. The van der Waals surface area contributed by atoms with Crippen LogP contribution in [0.5, 0.6) is 11.5 Å². The van der Waals surface area contributed by atoms with Gasteiger partial charge in [-0.3, -0.25) is 15.0 Å². The molecule has 164 valence electrons. The fourth-order valence-electron chi connectivity index (χ4n) is 4.20.